The van der Waals surface area contributed by atoms with Gasteiger partial charge < -0.3 is 4.90 Å². The topological polar surface area (TPSA) is 37.2 Å². The molecule has 0 unspecified atom stereocenters. The molecule has 112 valence electrons. The average Bonchev–Trinajstić information content (AvgIpc) is 2.75. The van der Waals surface area contributed by atoms with Crippen LogP contribution in [0.3, 0.4) is 0 Å². The van der Waals surface area contributed by atoms with Crippen molar-refractivity contribution in [3.05, 3.63) is 40.8 Å². The van der Waals surface area contributed by atoms with Gasteiger partial charge in [0.1, 0.15) is 11.0 Å². The predicted octanol–water partition coefficient (Wildman–Crippen LogP) is 2.10. The van der Waals surface area contributed by atoms with E-state index in [1.807, 2.05) is 32.3 Å². The van der Waals surface area contributed by atoms with E-state index in [0.717, 1.165) is 55.0 Å². The molecule has 2 aromatic rings. The first-order chi connectivity index (χ1) is 10.1. The Kier molecular flexibility index (Phi) is 4.12. The highest BCUT2D eigenvalue weighted by molar-refractivity contribution is 6.30. The van der Waals surface area contributed by atoms with Gasteiger partial charge in [0.05, 0.1) is 5.69 Å². The van der Waals surface area contributed by atoms with Crippen molar-refractivity contribution in [2.24, 2.45) is 7.05 Å². The van der Waals surface area contributed by atoms with Gasteiger partial charge in [-0.05, 0) is 19.1 Å². The second kappa shape index (κ2) is 6.03. The van der Waals surface area contributed by atoms with Gasteiger partial charge in [0, 0.05) is 51.5 Å². The Balaban J connectivity index is 1.61. The summed E-state index contributed by atoms with van der Waals surface area (Å²) >= 11 is 6.31. The highest BCUT2D eigenvalue weighted by atomic mass is 35.5. The van der Waals surface area contributed by atoms with Crippen LogP contribution in [-0.4, -0.2) is 45.8 Å². The molecule has 0 spiro atoms. The van der Waals surface area contributed by atoms with Crippen LogP contribution in [0.5, 0.6) is 0 Å². The highest BCUT2D eigenvalue weighted by Crippen LogP contribution is 2.21. The summed E-state index contributed by atoms with van der Waals surface area (Å²) in [4.78, 5) is 9.17. The van der Waals surface area contributed by atoms with Crippen LogP contribution in [-0.2, 0) is 13.6 Å². The number of hydrogen-bond donors (Lipinski definition) is 0. The van der Waals surface area contributed by atoms with Gasteiger partial charge in [0.15, 0.2) is 0 Å². The molecule has 0 atom stereocenters. The summed E-state index contributed by atoms with van der Waals surface area (Å²) in [5.74, 6) is 1.06. The fourth-order valence-electron chi connectivity index (χ4n) is 2.75. The van der Waals surface area contributed by atoms with Crippen LogP contribution in [0.4, 0.5) is 5.82 Å². The number of piperazine rings is 1. The zero-order valence-electron chi connectivity index (χ0n) is 12.5. The number of pyridine rings is 1. The maximum atomic E-state index is 6.31. The fraction of sp³-hybridized carbons (Fsp3) is 0.467. The first kappa shape index (κ1) is 14.4. The molecule has 5 nitrogen and oxygen atoms in total. The average molecular weight is 306 g/mol. The van der Waals surface area contributed by atoms with Crippen molar-refractivity contribution in [3.8, 4) is 0 Å². The summed E-state index contributed by atoms with van der Waals surface area (Å²) in [6, 6.07) is 6.05. The minimum Gasteiger partial charge on any atom is -0.354 e. The third-order valence-corrected chi connectivity index (χ3v) is 4.47. The van der Waals surface area contributed by atoms with Crippen molar-refractivity contribution >= 4 is 17.4 Å². The monoisotopic (exact) mass is 305 g/mol. The number of anilines is 1. The van der Waals surface area contributed by atoms with E-state index in [-0.39, 0.29) is 0 Å². The minimum absolute atomic E-state index is 0.750. The molecule has 0 amide bonds. The number of aromatic nitrogens is 3. The Hall–Kier alpha value is -1.59. The molecule has 1 fully saturated rings. The molecular weight excluding hydrogens is 286 g/mol. The summed E-state index contributed by atoms with van der Waals surface area (Å²) in [5.41, 5.74) is 2.17. The van der Waals surface area contributed by atoms with Crippen LogP contribution in [0.1, 0.15) is 11.3 Å². The first-order valence-electron chi connectivity index (χ1n) is 7.21. The lowest BCUT2D eigenvalue weighted by Crippen LogP contribution is -2.46. The quantitative estimate of drug-likeness (QED) is 0.870. The summed E-state index contributed by atoms with van der Waals surface area (Å²) < 4.78 is 1.75. The zero-order valence-corrected chi connectivity index (χ0v) is 13.2. The molecule has 3 rings (SSSR count). The van der Waals surface area contributed by atoms with Crippen LogP contribution in [0.25, 0.3) is 0 Å². The van der Waals surface area contributed by atoms with E-state index < -0.39 is 0 Å². The van der Waals surface area contributed by atoms with Gasteiger partial charge >= 0.3 is 0 Å². The third kappa shape index (κ3) is 3.04. The van der Waals surface area contributed by atoms with Gasteiger partial charge in [-0.1, -0.05) is 17.7 Å². The number of nitrogens with zero attached hydrogens (tertiary/aromatic N) is 5. The van der Waals surface area contributed by atoms with Crippen LogP contribution in [0.15, 0.2) is 24.4 Å². The number of aryl methyl sites for hydroxylation is 2. The molecule has 0 N–H and O–H groups in total. The Labute approximate surface area is 130 Å². The second-order valence-corrected chi connectivity index (χ2v) is 5.79. The Morgan fingerprint density at radius 1 is 1.19 bits per heavy atom. The summed E-state index contributed by atoms with van der Waals surface area (Å²) in [6.07, 6.45) is 1.85. The molecule has 0 aromatic carbocycles. The van der Waals surface area contributed by atoms with E-state index in [4.69, 9.17) is 11.6 Å². The lowest BCUT2D eigenvalue weighted by atomic mass is 10.2. The largest absolute Gasteiger partial charge is 0.354 e. The van der Waals surface area contributed by atoms with Gasteiger partial charge in [-0.2, -0.15) is 5.10 Å². The Morgan fingerprint density at radius 3 is 2.52 bits per heavy atom. The lowest BCUT2D eigenvalue weighted by molar-refractivity contribution is 0.249. The Bertz CT molecular complexity index is 602. The normalized spacial score (nSPS) is 16.4. The van der Waals surface area contributed by atoms with E-state index in [0.29, 0.717) is 0 Å². The van der Waals surface area contributed by atoms with Gasteiger partial charge in [-0.15, -0.1) is 0 Å². The standard InChI is InChI=1S/C15H20ClN5/c1-12-13(15(16)19(2)18-12)11-20-7-9-21(10-8-20)14-5-3-4-6-17-14/h3-6H,7-11H2,1-2H3. The van der Waals surface area contributed by atoms with E-state index in [1.165, 1.54) is 0 Å². The molecular formula is C15H20ClN5. The lowest BCUT2D eigenvalue weighted by Gasteiger charge is -2.35. The number of hydrogen-bond acceptors (Lipinski definition) is 4. The second-order valence-electron chi connectivity index (χ2n) is 5.43. The summed E-state index contributed by atoms with van der Waals surface area (Å²) in [5, 5.41) is 5.13. The van der Waals surface area contributed by atoms with Crippen molar-refractivity contribution in [1.29, 1.82) is 0 Å². The molecule has 0 saturated carbocycles. The third-order valence-electron chi connectivity index (χ3n) is 4.00. The SMILES string of the molecule is Cc1nn(C)c(Cl)c1CN1CCN(c2ccccn2)CC1. The van der Waals surface area contributed by atoms with Gasteiger partial charge in [-0.25, -0.2) is 4.98 Å². The zero-order chi connectivity index (χ0) is 14.8. The summed E-state index contributed by atoms with van der Waals surface area (Å²) in [7, 11) is 1.89. The molecule has 1 aliphatic rings. The van der Waals surface area contributed by atoms with Crippen LogP contribution in [0, 0.1) is 6.92 Å². The van der Waals surface area contributed by atoms with Crippen LogP contribution >= 0.6 is 11.6 Å². The summed E-state index contributed by atoms with van der Waals surface area (Å²) in [6.45, 7) is 6.91. The first-order valence-corrected chi connectivity index (χ1v) is 7.59. The molecule has 1 saturated heterocycles. The molecule has 0 radical (unpaired) electrons. The number of halogens is 1. The van der Waals surface area contributed by atoms with E-state index >= 15 is 0 Å². The highest BCUT2D eigenvalue weighted by Gasteiger charge is 2.20. The fourth-order valence-corrected chi connectivity index (χ4v) is 2.99. The maximum Gasteiger partial charge on any atom is 0.131 e. The van der Waals surface area contributed by atoms with Crippen molar-refractivity contribution in [3.63, 3.8) is 0 Å². The molecule has 6 heteroatoms. The maximum absolute atomic E-state index is 6.31. The van der Waals surface area contributed by atoms with Gasteiger partial charge in [0.2, 0.25) is 0 Å². The molecule has 0 bridgehead atoms. The molecule has 21 heavy (non-hydrogen) atoms. The Morgan fingerprint density at radius 2 is 1.95 bits per heavy atom. The van der Waals surface area contributed by atoms with Crippen LogP contribution in [0.2, 0.25) is 5.15 Å². The van der Waals surface area contributed by atoms with Crippen molar-refractivity contribution in [1.82, 2.24) is 19.7 Å². The smallest absolute Gasteiger partial charge is 0.131 e. The van der Waals surface area contributed by atoms with E-state index in [9.17, 15) is 0 Å². The molecule has 1 aliphatic heterocycles. The van der Waals surface area contributed by atoms with Crippen molar-refractivity contribution in [2.75, 3.05) is 31.1 Å². The van der Waals surface area contributed by atoms with Crippen molar-refractivity contribution < 1.29 is 0 Å². The van der Waals surface area contributed by atoms with Crippen molar-refractivity contribution in [2.45, 2.75) is 13.5 Å². The van der Waals surface area contributed by atoms with Gasteiger partial charge in [-0.3, -0.25) is 9.58 Å². The van der Waals surface area contributed by atoms with E-state index in [2.05, 4.69) is 25.9 Å². The molecule has 0 aliphatic carbocycles. The van der Waals surface area contributed by atoms with Gasteiger partial charge in [0.25, 0.3) is 0 Å². The van der Waals surface area contributed by atoms with Crippen LogP contribution < -0.4 is 4.90 Å². The molecule has 2 aromatic heterocycles. The van der Waals surface area contributed by atoms with E-state index in [1.54, 1.807) is 4.68 Å². The predicted molar refractivity (Wildman–Crippen MR) is 84.7 cm³/mol. The number of rotatable bonds is 3. The molecule has 3 heterocycles. The minimum atomic E-state index is 0.750.